The minimum absolute atomic E-state index is 0.0706. The van der Waals surface area contributed by atoms with Crippen molar-refractivity contribution in [3.63, 3.8) is 0 Å². The molecule has 1 saturated heterocycles. The molecule has 0 radical (unpaired) electrons. The maximum Gasteiger partial charge on any atom is 0.253 e. The van der Waals surface area contributed by atoms with Crippen molar-refractivity contribution in [2.75, 3.05) is 44.7 Å². The van der Waals surface area contributed by atoms with Crippen molar-refractivity contribution < 1.29 is 13.2 Å². The molecule has 7 nitrogen and oxygen atoms in total. The molecule has 0 N–H and O–H groups in total. The molecule has 1 aliphatic rings. The van der Waals surface area contributed by atoms with Crippen LogP contribution in [0.15, 0.2) is 41.3 Å². The van der Waals surface area contributed by atoms with E-state index in [-0.39, 0.29) is 10.8 Å². The number of anilines is 1. The first-order valence-electron chi connectivity index (χ1n) is 11.7. The van der Waals surface area contributed by atoms with E-state index in [1.165, 1.54) is 32.3 Å². The lowest BCUT2D eigenvalue weighted by Gasteiger charge is -2.34. The van der Waals surface area contributed by atoms with E-state index in [0.717, 1.165) is 36.6 Å². The molecule has 1 amide bonds. The Morgan fingerprint density at radius 3 is 2.38 bits per heavy atom. The fourth-order valence-electron chi connectivity index (χ4n) is 4.08. The van der Waals surface area contributed by atoms with Gasteiger partial charge in [0.2, 0.25) is 10.0 Å². The molecule has 2 aromatic carbocycles. The van der Waals surface area contributed by atoms with Crippen LogP contribution in [0.1, 0.15) is 41.3 Å². The van der Waals surface area contributed by atoms with Gasteiger partial charge in [0.1, 0.15) is 0 Å². The second-order valence-electron chi connectivity index (χ2n) is 8.83. The van der Waals surface area contributed by atoms with Gasteiger partial charge in [0, 0.05) is 45.3 Å². The van der Waals surface area contributed by atoms with Crippen molar-refractivity contribution in [3.05, 3.63) is 53.1 Å². The van der Waals surface area contributed by atoms with Gasteiger partial charge in [0.15, 0.2) is 5.13 Å². The Morgan fingerprint density at radius 1 is 1.06 bits per heavy atom. The third kappa shape index (κ3) is 4.82. The van der Waals surface area contributed by atoms with Crippen LogP contribution in [0.3, 0.4) is 0 Å². The number of aryl methyl sites for hydroxylation is 2. The number of hydrogen-bond donors (Lipinski definition) is 0. The van der Waals surface area contributed by atoms with Crippen LogP contribution in [0.5, 0.6) is 0 Å². The highest BCUT2D eigenvalue weighted by Gasteiger charge is 2.25. The van der Waals surface area contributed by atoms with Gasteiger partial charge in [-0.15, -0.1) is 0 Å². The fraction of sp³-hybridized carbons (Fsp3) is 0.440. The van der Waals surface area contributed by atoms with Gasteiger partial charge in [-0.25, -0.2) is 17.7 Å². The highest BCUT2D eigenvalue weighted by Crippen LogP contribution is 2.32. The Morgan fingerprint density at radius 2 is 1.74 bits per heavy atom. The van der Waals surface area contributed by atoms with Crippen LogP contribution in [0.4, 0.5) is 5.13 Å². The Hall–Kier alpha value is -2.49. The summed E-state index contributed by atoms with van der Waals surface area (Å²) in [7, 11) is -1.94. The van der Waals surface area contributed by atoms with Gasteiger partial charge in [0.05, 0.1) is 15.1 Å². The maximum atomic E-state index is 13.0. The van der Waals surface area contributed by atoms with Crippen LogP contribution in [0.25, 0.3) is 10.2 Å². The van der Waals surface area contributed by atoms with E-state index >= 15 is 0 Å². The molecule has 0 atom stereocenters. The second-order valence-corrected chi connectivity index (χ2v) is 11.9. The summed E-state index contributed by atoms with van der Waals surface area (Å²) in [6.07, 6.45) is 1.74. The number of carbonyl (C=O) groups excluding carboxylic acids is 1. The molecule has 9 heteroatoms. The van der Waals surface area contributed by atoms with Crippen molar-refractivity contribution in [2.24, 2.45) is 0 Å². The average Bonchev–Trinajstić information content (AvgIpc) is 3.29. The van der Waals surface area contributed by atoms with E-state index in [1.54, 1.807) is 30.5 Å². The first kappa shape index (κ1) is 24.6. The molecular formula is C25H32N4O3S2. The van der Waals surface area contributed by atoms with Gasteiger partial charge < -0.3 is 9.80 Å². The van der Waals surface area contributed by atoms with E-state index in [4.69, 9.17) is 4.98 Å². The molecule has 0 saturated carbocycles. The molecule has 1 aliphatic heterocycles. The quantitative estimate of drug-likeness (QED) is 0.484. The highest BCUT2D eigenvalue weighted by molar-refractivity contribution is 7.89. The Kier molecular flexibility index (Phi) is 7.25. The van der Waals surface area contributed by atoms with E-state index in [2.05, 4.69) is 30.9 Å². The number of thiazole rings is 1. The van der Waals surface area contributed by atoms with Gasteiger partial charge in [-0.1, -0.05) is 30.7 Å². The summed E-state index contributed by atoms with van der Waals surface area (Å²) in [5.74, 6) is -0.0706. The molecular weight excluding hydrogens is 468 g/mol. The number of carbonyl (C=O) groups is 1. The smallest absolute Gasteiger partial charge is 0.253 e. The van der Waals surface area contributed by atoms with Crippen molar-refractivity contribution in [1.82, 2.24) is 14.2 Å². The minimum Gasteiger partial charge on any atom is -0.345 e. The standard InChI is InChI=1S/C25H32N4O3S2/c1-5-6-13-27(4)34(31,32)21-10-8-20(9-11-21)24(30)28-14-16-29(17-15-28)25-26-23-19(3)18(2)7-12-22(23)33-25/h7-12H,5-6,13-17H2,1-4H3. The van der Waals surface area contributed by atoms with Crippen molar-refractivity contribution >= 4 is 42.6 Å². The predicted molar refractivity (Wildman–Crippen MR) is 138 cm³/mol. The lowest BCUT2D eigenvalue weighted by molar-refractivity contribution is 0.0746. The normalized spacial score (nSPS) is 14.9. The molecule has 1 fully saturated rings. The fourth-order valence-corrected chi connectivity index (χ4v) is 6.37. The van der Waals surface area contributed by atoms with Crippen LogP contribution >= 0.6 is 11.3 Å². The number of sulfonamides is 1. The van der Waals surface area contributed by atoms with E-state index in [0.29, 0.717) is 25.2 Å². The van der Waals surface area contributed by atoms with Gasteiger partial charge in [-0.3, -0.25) is 4.79 Å². The number of rotatable bonds is 7. The molecule has 0 spiro atoms. The number of fused-ring (bicyclic) bond motifs is 1. The maximum absolute atomic E-state index is 13.0. The summed E-state index contributed by atoms with van der Waals surface area (Å²) in [6, 6.07) is 10.6. The lowest BCUT2D eigenvalue weighted by Crippen LogP contribution is -2.48. The number of unbranched alkanes of at least 4 members (excludes halogenated alkanes) is 1. The molecule has 2 heterocycles. The largest absolute Gasteiger partial charge is 0.345 e. The summed E-state index contributed by atoms with van der Waals surface area (Å²) in [5, 5.41) is 0.998. The van der Waals surface area contributed by atoms with Gasteiger partial charge >= 0.3 is 0 Å². The molecule has 1 aromatic heterocycles. The van der Waals surface area contributed by atoms with E-state index < -0.39 is 10.0 Å². The number of benzene rings is 2. The zero-order valence-electron chi connectivity index (χ0n) is 20.2. The Balaban J connectivity index is 1.40. The molecule has 34 heavy (non-hydrogen) atoms. The topological polar surface area (TPSA) is 73.8 Å². The van der Waals surface area contributed by atoms with Gasteiger partial charge in [-0.2, -0.15) is 0 Å². The van der Waals surface area contributed by atoms with Crippen LogP contribution in [0, 0.1) is 13.8 Å². The molecule has 0 unspecified atom stereocenters. The number of aromatic nitrogens is 1. The van der Waals surface area contributed by atoms with Crippen molar-refractivity contribution in [3.8, 4) is 0 Å². The van der Waals surface area contributed by atoms with Gasteiger partial charge in [0.25, 0.3) is 5.91 Å². The number of piperazine rings is 1. The average molecular weight is 501 g/mol. The second kappa shape index (κ2) is 10.0. The molecule has 0 bridgehead atoms. The molecule has 4 rings (SSSR count). The minimum atomic E-state index is -3.54. The zero-order valence-corrected chi connectivity index (χ0v) is 21.9. The zero-order chi connectivity index (χ0) is 24.5. The van der Waals surface area contributed by atoms with Crippen LogP contribution in [0.2, 0.25) is 0 Å². The van der Waals surface area contributed by atoms with E-state index in [9.17, 15) is 13.2 Å². The summed E-state index contributed by atoms with van der Waals surface area (Å²) in [5.41, 5.74) is 4.03. The molecule has 182 valence electrons. The molecule has 3 aromatic rings. The summed E-state index contributed by atoms with van der Waals surface area (Å²) >= 11 is 1.69. The van der Waals surface area contributed by atoms with Crippen molar-refractivity contribution in [1.29, 1.82) is 0 Å². The third-order valence-corrected chi connectivity index (χ3v) is 9.50. The van der Waals surface area contributed by atoms with E-state index in [1.807, 2.05) is 11.8 Å². The third-order valence-electron chi connectivity index (χ3n) is 6.55. The monoisotopic (exact) mass is 500 g/mol. The van der Waals surface area contributed by atoms with Crippen molar-refractivity contribution in [2.45, 2.75) is 38.5 Å². The first-order chi connectivity index (χ1) is 16.2. The Bertz CT molecular complexity index is 1280. The van der Waals surface area contributed by atoms with Crippen LogP contribution in [-0.2, 0) is 10.0 Å². The summed E-state index contributed by atoms with van der Waals surface area (Å²) in [6.45, 7) is 9.37. The summed E-state index contributed by atoms with van der Waals surface area (Å²) in [4.78, 5) is 22.2. The number of nitrogens with zero attached hydrogens (tertiary/aromatic N) is 4. The first-order valence-corrected chi connectivity index (χ1v) is 14.0. The number of amides is 1. The summed E-state index contributed by atoms with van der Waals surface area (Å²) < 4.78 is 28.0. The SMILES string of the molecule is CCCCN(C)S(=O)(=O)c1ccc(C(=O)N2CCN(c3nc4c(C)c(C)ccc4s3)CC2)cc1. The van der Waals surface area contributed by atoms with Gasteiger partial charge in [-0.05, 0) is 61.7 Å². The molecule has 0 aliphatic carbocycles. The number of hydrogen-bond acceptors (Lipinski definition) is 6. The predicted octanol–water partition coefficient (Wildman–Crippen LogP) is 4.30. The van der Waals surface area contributed by atoms with Crippen LogP contribution in [-0.4, -0.2) is 68.3 Å². The lowest BCUT2D eigenvalue weighted by atomic mass is 10.1. The van der Waals surface area contributed by atoms with Crippen LogP contribution < -0.4 is 4.90 Å². The highest BCUT2D eigenvalue weighted by atomic mass is 32.2. The Labute approximate surface area is 206 Å².